The van der Waals surface area contributed by atoms with Crippen LogP contribution in [0.2, 0.25) is 0 Å². The van der Waals surface area contributed by atoms with Crippen LogP contribution in [0.3, 0.4) is 0 Å². The second-order valence-electron chi connectivity index (χ2n) is 11.2. The number of quaternary nitrogens is 1. The number of hydrogen-bond acceptors (Lipinski definition) is 5. The molecule has 0 saturated carbocycles. The highest BCUT2D eigenvalue weighted by atomic mass is 32.2. The van der Waals surface area contributed by atoms with Crippen LogP contribution in [0.4, 0.5) is 0 Å². The van der Waals surface area contributed by atoms with Crippen LogP contribution >= 0.6 is 11.8 Å². The highest BCUT2D eigenvalue weighted by Crippen LogP contribution is 2.20. The Morgan fingerprint density at radius 3 is 2.02 bits per heavy atom. The van der Waals surface area contributed by atoms with Gasteiger partial charge in [-0.05, 0) is 73.2 Å². The van der Waals surface area contributed by atoms with Crippen LogP contribution in [-0.4, -0.2) is 63.0 Å². The quantitative estimate of drug-likeness (QED) is 0.0630. The Bertz CT molecular complexity index is 1190. The van der Waals surface area contributed by atoms with E-state index < -0.39 is 0 Å². The highest BCUT2D eigenvalue weighted by Gasteiger charge is 2.31. The van der Waals surface area contributed by atoms with Crippen LogP contribution in [0.5, 0.6) is 11.5 Å². The zero-order chi connectivity index (χ0) is 29.5. The van der Waals surface area contributed by atoms with Crippen molar-refractivity contribution in [1.82, 2.24) is 5.32 Å². The van der Waals surface area contributed by atoms with Gasteiger partial charge < -0.3 is 19.3 Å². The lowest BCUT2D eigenvalue weighted by Crippen LogP contribution is -2.55. The van der Waals surface area contributed by atoms with E-state index in [0.29, 0.717) is 22.4 Å². The average molecular weight is 578 g/mol. The van der Waals surface area contributed by atoms with E-state index in [4.69, 9.17) is 9.47 Å². The third-order valence-electron chi connectivity index (χ3n) is 7.01. The summed E-state index contributed by atoms with van der Waals surface area (Å²) in [6.07, 6.45) is 9.25. The van der Waals surface area contributed by atoms with Crippen LogP contribution in [0.15, 0.2) is 83.8 Å². The molecule has 6 nitrogen and oxygen atoms in total. The summed E-state index contributed by atoms with van der Waals surface area (Å²) in [5.74, 6) is 1.02. The van der Waals surface area contributed by atoms with Crippen LogP contribution < -0.4 is 14.8 Å². The molecule has 0 bridgehead atoms. The second-order valence-corrected chi connectivity index (χ2v) is 12.1. The summed E-state index contributed by atoms with van der Waals surface area (Å²) in [4.78, 5) is 26.3. The van der Waals surface area contributed by atoms with Crippen molar-refractivity contribution in [2.45, 2.75) is 55.9 Å². The molecule has 0 aliphatic rings. The maximum absolute atomic E-state index is 12.9. The van der Waals surface area contributed by atoms with Gasteiger partial charge in [-0.25, -0.2) is 4.79 Å². The van der Waals surface area contributed by atoms with Gasteiger partial charge in [-0.1, -0.05) is 56.0 Å². The zero-order valence-corrected chi connectivity index (χ0v) is 25.8. The number of likely N-dealkylation sites (N-methyl/N-ethyl adjacent to an activating group) is 1. The molecular weight excluding hydrogens is 532 g/mol. The topological polar surface area (TPSA) is 64.6 Å². The lowest BCUT2D eigenvalue weighted by atomic mass is 10.0. The fraction of sp³-hybridized carbons (Fsp3) is 0.412. The number of amides is 1. The summed E-state index contributed by atoms with van der Waals surface area (Å²) in [5, 5.41) is 3.16. The number of esters is 1. The number of nitrogens with one attached hydrogen (secondary N) is 1. The third kappa shape index (κ3) is 11.6. The van der Waals surface area contributed by atoms with Crippen molar-refractivity contribution in [2.24, 2.45) is 0 Å². The number of carbonyl (C=O) groups is 2. The van der Waals surface area contributed by atoms with Crippen molar-refractivity contribution in [1.29, 1.82) is 0 Å². The first-order valence-corrected chi connectivity index (χ1v) is 15.7. The standard InChI is InChI=1S/C34H44N2O4S/c1-36(2,3)32(26-27-14-10-9-11-15-27)33(37)35-24-12-7-5-6-8-13-25-39-29-18-20-30(21-19-29)40-34(38)28-16-22-31(41-4)23-17-28/h9-11,14-23,32H,5-8,12-13,24-26H2,1-4H3/p+1. The lowest BCUT2D eigenvalue weighted by Gasteiger charge is -2.33. The molecule has 1 amide bonds. The van der Waals surface area contributed by atoms with Crippen molar-refractivity contribution in [3.63, 3.8) is 0 Å². The minimum Gasteiger partial charge on any atom is -0.494 e. The third-order valence-corrected chi connectivity index (χ3v) is 7.75. The number of rotatable bonds is 17. The second kappa shape index (κ2) is 16.8. The molecule has 3 aromatic carbocycles. The van der Waals surface area contributed by atoms with Gasteiger partial charge >= 0.3 is 5.97 Å². The summed E-state index contributed by atoms with van der Waals surface area (Å²) in [6.45, 7) is 1.38. The van der Waals surface area contributed by atoms with Gasteiger partial charge in [0.15, 0.2) is 6.04 Å². The first kappa shape index (κ1) is 32.2. The monoisotopic (exact) mass is 577 g/mol. The molecular formula is C34H45N2O4S+. The van der Waals surface area contributed by atoms with Crippen molar-refractivity contribution >= 4 is 23.6 Å². The number of benzene rings is 3. The zero-order valence-electron chi connectivity index (χ0n) is 24.9. The van der Waals surface area contributed by atoms with Crippen LogP contribution in [0, 0.1) is 0 Å². The molecule has 1 atom stereocenters. The van der Waals surface area contributed by atoms with Gasteiger partial charge in [-0.2, -0.15) is 0 Å². The molecule has 0 aliphatic carbocycles. The summed E-state index contributed by atoms with van der Waals surface area (Å²) >= 11 is 1.63. The predicted molar refractivity (Wildman–Crippen MR) is 168 cm³/mol. The Morgan fingerprint density at radius 2 is 1.39 bits per heavy atom. The van der Waals surface area contributed by atoms with Gasteiger partial charge in [0, 0.05) is 17.9 Å². The molecule has 1 unspecified atom stereocenters. The maximum atomic E-state index is 12.9. The Labute approximate surface area is 250 Å². The minimum absolute atomic E-state index is 0.105. The van der Waals surface area contributed by atoms with Crippen LogP contribution in [0.1, 0.15) is 54.4 Å². The fourth-order valence-corrected chi connectivity index (χ4v) is 4.91. The minimum atomic E-state index is -0.370. The molecule has 220 valence electrons. The van der Waals surface area contributed by atoms with Crippen molar-refractivity contribution < 1.29 is 23.5 Å². The molecule has 3 aromatic rings. The first-order valence-electron chi connectivity index (χ1n) is 14.5. The van der Waals surface area contributed by atoms with Crippen LogP contribution in [-0.2, 0) is 11.2 Å². The maximum Gasteiger partial charge on any atom is 0.343 e. The summed E-state index contributed by atoms with van der Waals surface area (Å²) < 4.78 is 11.9. The summed E-state index contributed by atoms with van der Waals surface area (Å²) in [5.41, 5.74) is 1.72. The molecule has 0 fully saturated rings. The smallest absolute Gasteiger partial charge is 0.343 e. The summed E-state index contributed by atoms with van der Waals surface area (Å²) in [7, 11) is 6.24. The van der Waals surface area contributed by atoms with E-state index in [9.17, 15) is 9.59 Å². The van der Waals surface area contributed by atoms with Gasteiger partial charge in [-0.3, -0.25) is 4.79 Å². The van der Waals surface area contributed by atoms with E-state index in [2.05, 4.69) is 38.6 Å². The molecule has 3 rings (SSSR count). The molecule has 0 saturated heterocycles. The average Bonchev–Trinajstić information content (AvgIpc) is 2.97. The number of thioether (sulfide) groups is 1. The van der Waals surface area contributed by atoms with Crippen LogP contribution in [0.25, 0.3) is 0 Å². The van der Waals surface area contributed by atoms with E-state index >= 15 is 0 Å². The largest absolute Gasteiger partial charge is 0.494 e. The van der Waals surface area contributed by atoms with Gasteiger partial charge in [-0.15, -0.1) is 11.8 Å². The van der Waals surface area contributed by atoms with E-state index in [1.54, 1.807) is 36.0 Å². The molecule has 1 N–H and O–H groups in total. The van der Waals surface area contributed by atoms with E-state index in [1.165, 1.54) is 5.56 Å². The van der Waals surface area contributed by atoms with Crippen molar-refractivity contribution in [3.8, 4) is 11.5 Å². The number of carbonyl (C=O) groups excluding carboxylic acids is 2. The molecule has 0 radical (unpaired) electrons. The van der Waals surface area contributed by atoms with Gasteiger partial charge in [0.2, 0.25) is 0 Å². The Morgan fingerprint density at radius 1 is 0.780 bits per heavy atom. The molecule has 0 aromatic heterocycles. The fourth-order valence-electron chi connectivity index (χ4n) is 4.51. The molecule has 0 aliphatic heterocycles. The number of hydrogen-bond donors (Lipinski definition) is 1. The summed E-state index contributed by atoms with van der Waals surface area (Å²) in [6, 6.07) is 24.7. The van der Waals surface area contributed by atoms with E-state index in [1.807, 2.05) is 48.7 Å². The SMILES string of the molecule is CSc1ccc(C(=O)Oc2ccc(OCCCCCCCCNC(=O)C(Cc3ccccc3)[N+](C)(C)C)cc2)cc1. The molecule has 41 heavy (non-hydrogen) atoms. The first-order chi connectivity index (χ1) is 19.8. The van der Waals surface area contributed by atoms with Gasteiger partial charge in [0.1, 0.15) is 11.5 Å². The van der Waals surface area contributed by atoms with E-state index in [0.717, 1.165) is 62.1 Å². The molecule has 7 heteroatoms. The normalized spacial score (nSPS) is 12.0. The predicted octanol–water partition coefficient (Wildman–Crippen LogP) is 6.78. The Balaban J connectivity index is 1.23. The highest BCUT2D eigenvalue weighted by molar-refractivity contribution is 7.98. The number of nitrogens with zero attached hydrogens (tertiary/aromatic N) is 1. The van der Waals surface area contributed by atoms with Gasteiger partial charge in [0.25, 0.3) is 5.91 Å². The molecule has 0 heterocycles. The lowest BCUT2D eigenvalue weighted by molar-refractivity contribution is -0.886. The van der Waals surface area contributed by atoms with Crippen molar-refractivity contribution in [3.05, 3.63) is 90.0 Å². The Hall–Kier alpha value is -3.29. The molecule has 0 spiro atoms. The Kier molecular flexibility index (Phi) is 13.2. The van der Waals surface area contributed by atoms with Crippen molar-refractivity contribution in [2.75, 3.05) is 40.6 Å². The number of ether oxygens (including phenoxy) is 2. The van der Waals surface area contributed by atoms with E-state index in [-0.39, 0.29) is 17.9 Å². The number of unbranched alkanes of at least 4 members (excludes halogenated alkanes) is 5. The van der Waals surface area contributed by atoms with Gasteiger partial charge in [0.05, 0.1) is 33.3 Å².